The second kappa shape index (κ2) is 6.29. The Labute approximate surface area is 113 Å². The maximum Gasteiger partial charge on any atom is 0.313 e. The molecule has 0 unspecified atom stereocenters. The van der Waals surface area contributed by atoms with Crippen molar-refractivity contribution < 1.29 is 9.90 Å². The van der Waals surface area contributed by atoms with Crippen molar-refractivity contribution in [1.82, 2.24) is 9.55 Å². The Morgan fingerprint density at radius 2 is 2.28 bits per heavy atom. The van der Waals surface area contributed by atoms with Crippen LogP contribution in [-0.2, 0) is 4.79 Å². The first-order valence-electron chi connectivity index (χ1n) is 5.68. The predicted molar refractivity (Wildman–Crippen MR) is 72.5 cm³/mol. The second-order valence-electron chi connectivity index (χ2n) is 3.98. The molecule has 18 heavy (non-hydrogen) atoms. The van der Waals surface area contributed by atoms with Gasteiger partial charge in [0.2, 0.25) is 0 Å². The Hall–Kier alpha value is -0.950. The average Bonchev–Trinajstić information content (AvgIpc) is 2.37. The van der Waals surface area contributed by atoms with Crippen molar-refractivity contribution in [2.75, 3.05) is 17.3 Å². The monoisotopic (exact) mass is 286 g/mol. The third-order valence-electron chi connectivity index (χ3n) is 2.71. The molecule has 0 aromatic carbocycles. The molecule has 0 spiro atoms. The molecular formula is C11H14N2O3S2. The third kappa shape index (κ3) is 3.52. The molecule has 1 N–H and O–H groups in total. The summed E-state index contributed by atoms with van der Waals surface area (Å²) in [4.78, 5) is 25.8. The van der Waals surface area contributed by atoms with Gasteiger partial charge in [0.1, 0.15) is 0 Å². The molecule has 1 aromatic heterocycles. The van der Waals surface area contributed by atoms with Crippen molar-refractivity contribution in [2.24, 2.45) is 0 Å². The zero-order chi connectivity index (χ0) is 13.0. The van der Waals surface area contributed by atoms with Gasteiger partial charge < -0.3 is 9.67 Å². The van der Waals surface area contributed by atoms with Crippen LogP contribution in [0.5, 0.6) is 0 Å². The van der Waals surface area contributed by atoms with Gasteiger partial charge in [-0.3, -0.25) is 9.59 Å². The average molecular weight is 286 g/mol. The van der Waals surface area contributed by atoms with Crippen molar-refractivity contribution >= 4 is 29.5 Å². The van der Waals surface area contributed by atoms with E-state index in [4.69, 9.17) is 5.11 Å². The Balaban J connectivity index is 2.21. The van der Waals surface area contributed by atoms with Crippen LogP contribution >= 0.6 is 23.5 Å². The summed E-state index contributed by atoms with van der Waals surface area (Å²) in [5, 5.41) is 9.22. The lowest BCUT2D eigenvalue weighted by Gasteiger charge is -2.25. The first-order chi connectivity index (χ1) is 8.66. The van der Waals surface area contributed by atoms with Gasteiger partial charge in [0.15, 0.2) is 5.16 Å². The van der Waals surface area contributed by atoms with Crippen LogP contribution in [0.3, 0.4) is 0 Å². The zero-order valence-corrected chi connectivity index (χ0v) is 11.4. The number of hydrogen-bond acceptors (Lipinski definition) is 5. The molecular weight excluding hydrogens is 272 g/mol. The highest BCUT2D eigenvalue weighted by Gasteiger charge is 2.18. The number of aliphatic carboxylic acids is 1. The van der Waals surface area contributed by atoms with Crippen molar-refractivity contribution in [1.29, 1.82) is 0 Å². The van der Waals surface area contributed by atoms with E-state index in [1.165, 1.54) is 6.07 Å². The molecule has 98 valence electrons. The van der Waals surface area contributed by atoms with Crippen LogP contribution in [0, 0.1) is 0 Å². The quantitative estimate of drug-likeness (QED) is 0.668. The number of carbonyl (C=O) groups is 1. The molecule has 1 fully saturated rings. The van der Waals surface area contributed by atoms with E-state index < -0.39 is 5.97 Å². The molecule has 1 aliphatic rings. The number of rotatable bonds is 4. The van der Waals surface area contributed by atoms with E-state index in [0.717, 1.165) is 36.1 Å². The summed E-state index contributed by atoms with van der Waals surface area (Å²) in [5.41, 5.74) is -0.315. The van der Waals surface area contributed by atoms with Crippen LogP contribution in [0.2, 0.25) is 0 Å². The molecule has 7 heteroatoms. The first-order valence-corrected chi connectivity index (χ1v) is 7.82. The maximum absolute atomic E-state index is 11.3. The fourth-order valence-electron chi connectivity index (χ4n) is 1.87. The van der Waals surface area contributed by atoms with Gasteiger partial charge >= 0.3 is 5.97 Å². The van der Waals surface area contributed by atoms with E-state index in [1.807, 2.05) is 16.3 Å². The Morgan fingerprint density at radius 3 is 2.94 bits per heavy atom. The topological polar surface area (TPSA) is 72.2 Å². The van der Waals surface area contributed by atoms with Gasteiger partial charge in [0, 0.05) is 18.3 Å². The lowest BCUT2D eigenvalue weighted by atomic mass is 10.1. The minimum Gasteiger partial charge on any atom is -0.481 e. The SMILES string of the molecule is O=C(O)CSc1nc(=O)ccn1C1CCSCC1. The Kier molecular flexibility index (Phi) is 4.71. The lowest BCUT2D eigenvalue weighted by molar-refractivity contribution is -0.133. The van der Waals surface area contributed by atoms with Gasteiger partial charge in [-0.1, -0.05) is 11.8 Å². The van der Waals surface area contributed by atoms with Crippen LogP contribution < -0.4 is 5.56 Å². The summed E-state index contributed by atoms with van der Waals surface area (Å²) in [7, 11) is 0. The molecule has 1 saturated heterocycles. The summed E-state index contributed by atoms with van der Waals surface area (Å²) in [5.74, 6) is 1.22. The molecule has 0 aliphatic carbocycles. The minimum absolute atomic E-state index is 0.0715. The van der Waals surface area contributed by atoms with Crippen LogP contribution in [0.25, 0.3) is 0 Å². The molecule has 0 bridgehead atoms. The molecule has 1 aliphatic heterocycles. The summed E-state index contributed by atoms with van der Waals surface area (Å²) in [6.07, 6.45) is 3.81. The summed E-state index contributed by atoms with van der Waals surface area (Å²) < 4.78 is 1.95. The first kappa shape index (κ1) is 13.5. The van der Waals surface area contributed by atoms with Crippen molar-refractivity contribution in [2.45, 2.75) is 24.0 Å². The van der Waals surface area contributed by atoms with E-state index in [2.05, 4.69) is 4.98 Å². The highest BCUT2D eigenvalue weighted by Crippen LogP contribution is 2.29. The van der Waals surface area contributed by atoms with Gasteiger partial charge in [-0.15, -0.1) is 0 Å². The number of carboxylic acid groups (broad SMARTS) is 1. The van der Waals surface area contributed by atoms with E-state index >= 15 is 0 Å². The van der Waals surface area contributed by atoms with Crippen molar-refractivity contribution in [3.05, 3.63) is 22.6 Å². The van der Waals surface area contributed by atoms with Gasteiger partial charge in [0.05, 0.1) is 5.75 Å². The lowest BCUT2D eigenvalue weighted by Crippen LogP contribution is -2.21. The molecule has 0 amide bonds. The van der Waals surface area contributed by atoms with Crippen LogP contribution in [0.4, 0.5) is 0 Å². The standard InChI is InChI=1S/C11H14N2O3S2/c14-9-1-4-13(8-2-5-17-6-3-8)11(12-9)18-7-10(15)16/h1,4,8H,2-3,5-7H2,(H,15,16). The Bertz CT molecular complexity index is 483. The zero-order valence-electron chi connectivity index (χ0n) is 9.74. The number of nitrogens with zero attached hydrogens (tertiary/aromatic N) is 2. The van der Waals surface area contributed by atoms with Crippen LogP contribution in [0.1, 0.15) is 18.9 Å². The van der Waals surface area contributed by atoms with Gasteiger partial charge in [-0.25, -0.2) is 0 Å². The van der Waals surface area contributed by atoms with E-state index in [0.29, 0.717) is 11.2 Å². The molecule has 0 atom stereocenters. The highest BCUT2D eigenvalue weighted by molar-refractivity contribution is 7.99. The largest absolute Gasteiger partial charge is 0.481 e. The molecule has 5 nitrogen and oxygen atoms in total. The molecule has 2 heterocycles. The molecule has 1 aromatic rings. The van der Waals surface area contributed by atoms with Crippen LogP contribution in [0.15, 0.2) is 22.2 Å². The van der Waals surface area contributed by atoms with E-state index in [-0.39, 0.29) is 11.3 Å². The molecule has 2 rings (SSSR count). The maximum atomic E-state index is 11.3. The minimum atomic E-state index is -0.899. The fraction of sp³-hybridized carbons (Fsp3) is 0.545. The summed E-state index contributed by atoms with van der Waals surface area (Å²) in [6.45, 7) is 0. The number of carboxylic acids is 1. The predicted octanol–water partition coefficient (Wildman–Crippen LogP) is 1.49. The summed E-state index contributed by atoms with van der Waals surface area (Å²) in [6, 6.07) is 1.77. The van der Waals surface area contributed by atoms with Gasteiger partial charge in [-0.2, -0.15) is 16.7 Å². The Morgan fingerprint density at radius 1 is 1.56 bits per heavy atom. The third-order valence-corrected chi connectivity index (χ3v) is 4.71. The fourth-order valence-corrected chi connectivity index (χ4v) is 3.72. The number of hydrogen-bond donors (Lipinski definition) is 1. The van der Waals surface area contributed by atoms with E-state index in [9.17, 15) is 9.59 Å². The molecule has 0 radical (unpaired) electrons. The van der Waals surface area contributed by atoms with E-state index in [1.54, 1.807) is 6.20 Å². The number of thioether (sulfide) groups is 2. The van der Waals surface area contributed by atoms with Gasteiger partial charge in [0.25, 0.3) is 5.56 Å². The highest BCUT2D eigenvalue weighted by atomic mass is 32.2. The summed E-state index contributed by atoms with van der Waals surface area (Å²) >= 11 is 3.03. The van der Waals surface area contributed by atoms with Crippen LogP contribution in [-0.4, -0.2) is 37.9 Å². The smallest absolute Gasteiger partial charge is 0.313 e. The number of aromatic nitrogens is 2. The molecule has 0 saturated carbocycles. The normalized spacial score (nSPS) is 16.7. The van der Waals surface area contributed by atoms with Gasteiger partial charge in [-0.05, 0) is 24.3 Å². The second-order valence-corrected chi connectivity index (χ2v) is 6.15. The van der Waals surface area contributed by atoms with Crippen molar-refractivity contribution in [3.8, 4) is 0 Å². The van der Waals surface area contributed by atoms with Crippen molar-refractivity contribution in [3.63, 3.8) is 0 Å².